The summed E-state index contributed by atoms with van der Waals surface area (Å²) >= 11 is 5.84. The van der Waals surface area contributed by atoms with E-state index in [4.69, 9.17) is 16.7 Å². The zero-order chi connectivity index (χ0) is 21.3. The summed E-state index contributed by atoms with van der Waals surface area (Å²) < 4.78 is 16.0. The third kappa shape index (κ3) is 4.51. The molecule has 4 rings (SSSR count). The second-order valence-electron chi connectivity index (χ2n) is 8.34. The van der Waals surface area contributed by atoms with Gasteiger partial charge in [0.1, 0.15) is 5.82 Å². The number of hydrogen-bond donors (Lipinski definition) is 1. The molecule has 0 radical (unpaired) electrons. The normalized spacial score (nSPS) is 21.3. The van der Waals surface area contributed by atoms with Crippen LogP contribution in [0.1, 0.15) is 48.9 Å². The molecule has 160 valence electrons. The van der Waals surface area contributed by atoms with Crippen molar-refractivity contribution in [2.45, 2.75) is 51.6 Å². The van der Waals surface area contributed by atoms with E-state index in [0.29, 0.717) is 49.5 Å². The summed E-state index contributed by atoms with van der Waals surface area (Å²) in [7, 11) is 0. The lowest BCUT2D eigenvalue weighted by atomic mass is 9.80. The van der Waals surface area contributed by atoms with Gasteiger partial charge in [0, 0.05) is 23.6 Å². The van der Waals surface area contributed by atoms with Gasteiger partial charge in [-0.05, 0) is 55.7 Å². The Morgan fingerprint density at radius 2 is 2.00 bits per heavy atom. The number of fused-ring (bicyclic) bond motifs is 1. The van der Waals surface area contributed by atoms with Crippen molar-refractivity contribution < 1.29 is 19.1 Å². The second kappa shape index (κ2) is 8.76. The lowest BCUT2D eigenvalue weighted by Crippen LogP contribution is -2.38. The SMILES string of the molecule is O=C(C[C@H]1CC[C@H](C(=O)O)CC1)N1CCc2cnn(Cc3ccc(Cl)cc3F)c2C1. The Morgan fingerprint density at radius 3 is 2.70 bits per heavy atom. The number of aliphatic carboxylic acids is 1. The minimum atomic E-state index is -0.728. The number of carboxylic acids is 1. The zero-order valence-corrected chi connectivity index (χ0v) is 17.4. The van der Waals surface area contributed by atoms with Gasteiger partial charge in [0.25, 0.3) is 0 Å². The van der Waals surface area contributed by atoms with Gasteiger partial charge in [-0.3, -0.25) is 14.3 Å². The number of benzene rings is 1. The van der Waals surface area contributed by atoms with Crippen LogP contribution in [0.25, 0.3) is 0 Å². The number of halogens is 2. The monoisotopic (exact) mass is 433 g/mol. The van der Waals surface area contributed by atoms with Crippen LogP contribution >= 0.6 is 11.6 Å². The molecule has 2 aromatic rings. The maximum absolute atomic E-state index is 14.2. The summed E-state index contributed by atoms with van der Waals surface area (Å²) in [6.45, 7) is 1.41. The molecule has 2 heterocycles. The van der Waals surface area contributed by atoms with Crippen LogP contribution in [0.5, 0.6) is 0 Å². The molecule has 1 aliphatic heterocycles. The van der Waals surface area contributed by atoms with Gasteiger partial charge < -0.3 is 10.0 Å². The Bertz CT molecular complexity index is 953. The molecule has 1 N–H and O–H groups in total. The standard InChI is InChI=1S/C22H25ClFN3O3/c23-18-6-5-17(19(24)10-18)12-27-20-13-26(8-7-16(20)11-25-27)21(28)9-14-1-3-15(4-2-14)22(29)30/h5-6,10-11,14-15H,1-4,7-9,12-13H2,(H,29,30)/t14-,15-. The third-order valence-corrected chi connectivity index (χ3v) is 6.61. The Kier molecular flexibility index (Phi) is 6.09. The number of rotatable bonds is 5. The predicted molar refractivity (Wildman–Crippen MR) is 110 cm³/mol. The van der Waals surface area contributed by atoms with E-state index in [1.165, 1.54) is 6.07 Å². The lowest BCUT2D eigenvalue weighted by molar-refractivity contribution is -0.143. The quantitative estimate of drug-likeness (QED) is 0.776. The topological polar surface area (TPSA) is 75.4 Å². The molecule has 0 bridgehead atoms. The first-order valence-corrected chi connectivity index (χ1v) is 10.8. The van der Waals surface area contributed by atoms with Crippen molar-refractivity contribution in [2.24, 2.45) is 11.8 Å². The van der Waals surface area contributed by atoms with Crippen molar-refractivity contribution in [1.82, 2.24) is 14.7 Å². The molecule has 1 saturated carbocycles. The van der Waals surface area contributed by atoms with Crippen LogP contribution in [0.2, 0.25) is 5.02 Å². The molecular weight excluding hydrogens is 409 g/mol. The molecule has 30 heavy (non-hydrogen) atoms. The van der Waals surface area contributed by atoms with E-state index in [0.717, 1.165) is 30.5 Å². The van der Waals surface area contributed by atoms with Crippen molar-refractivity contribution in [1.29, 1.82) is 0 Å². The Balaban J connectivity index is 1.39. The van der Waals surface area contributed by atoms with Gasteiger partial charge in [0.05, 0.1) is 30.9 Å². The van der Waals surface area contributed by atoms with Gasteiger partial charge in [-0.25, -0.2) is 4.39 Å². The zero-order valence-electron chi connectivity index (χ0n) is 16.7. The molecule has 2 aliphatic rings. The van der Waals surface area contributed by atoms with E-state index in [9.17, 15) is 14.0 Å². The van der Waals surface area contributed by atoms with Crippen molar-refractivity contribution in [3.63, 3.8) is 0 Å². The summed E-state index contributed by atoms with van der Waals surface area (Å²) in [6.07, 6.45) is 5.87. The average Bonchev–Trinajstić information content (AvgIpc) is 3.12. The molecule has 0 unspecified atom stereocenters. The fraction of sp³-hybridized carbons (Fsp3) is 0.500. The fourth-order valence-electron chi connectivity index (χ4n) is 4.51. The van der Waals surface area contributed by atoms with Crippen LogP contribution in [0.15, 0.2) is 24.4 Å². The predicted octanol–water partition coefficient (Wildman–Crippen LogP) is 3.89. The Hall–Kier alpha value is -2.41. The number of aromatic nitrogens is 2. The van der Waals surface area contributed by atoms with Crippen LogP contribution < -0.4 is 0 Å². The van der Waals surface area contributed by atoms with Gasteiger partial charge in [-0.1, -0.05) is 17.7 Å². The summed E-state index contributed by atoms with van der Waals surface area (Å²) in [5, 5.41) is 13.9. The number of carbonyl (C=O) groups is 2. The molecule has 0 atom stereocenters. The first-order valence-electron chi connectivity index (χ1n) is 10.4. The minimum Gasteiger partial charge on any atom is -0.481 e. The molecule has 1 aromatic carbocycles. The maximum atomic E-state index is 14.2. The first kappa shape index (κ1) is 20.8. The molecule has 8 heteroatoms. The number of hydrogen-bond acceptors (Lipinski definition) is 3. The van der Waals surface area contributed by atoms with E-state index < -0.39 is 5.97 Å². The molecule has 1 aliphatic carbocycles. The molecule has 0 saturated heterocycles. The lowest BCUT2D eigenvalue weighted by Gasteiger charge is -2.31. The van der Waals surface area contributed by atoms with Crippen LogP contribution in [0, 0.1) is 17.7 Å². The van der Waals surface area contributed by atoms with E-state index in [-0.39, 0.29) is 23.6 Å². The summed E-state index contributed by atoms with van der Waals surface area (Å²) in [6, 6.07) is 4.61. The largest absolute Gasteiger partial charge is 0.481 e. The van der Waals surface area contributed by atoms with Crippen molar-refractivity contribution >= 4 is 23.5 Å². The van der Waals surface area contributed by atoms with E-state index >= 15 is 0 Å². The Morgan fingerprint density at radius 1 is 1.23 bits per heavy atom. The van der Waals surface area contributed by atoms with Gasteiger partial charge in [0.15, 0.2) is 0 Å². The van der Waals surface area contributed by atoms with Crippen LogP contribution in [0.4, 0.5) is 4.39 Å². The highest BCUT2D eigenvalue weighted by Crippen LogP contribution is 2.32. The van der Waals surface area contributed by atoms with E-state index in [1.807, 2.05) is 4.90 Å². The molecule has 6 nitrogen and oxygen atoms in total. The van der Waals surface area contributed by atoms with Gasteiger partial charge in [0.2, 0.25) is 5.91 Å². The average molecular weight is 434 g/mol. The highest BCUT2D eigenvalue weighted by atomic mass is 35.5. The highest BCUT2D eigenvalue weighted by Gasteiger charge is 2.30. The minimum absolute atomic E-state index is 0.102. The number of carbonyl (C=O) groups excluding carboxylic acids is 1. The number of amides is 1. The van der Waals surface area contributed by atoms with Gasteiger partial charge in [-0.15, -0.1) is 0 Å². The summed E-state index contributed by atoms with van der Waals surface area (Å²) in [5.74, 6) is -1.01. The molecule has 0 spiro atoms. The first-order chi connectivity index (χ1) is 14.4. The number of carboxylic acid groups (broad SMARTS) is 1. The molecular formula is C22H25ClFN3O3. The maximum Gasteiger partial charge on any atom is 0.306 e. The smallest absolute Gasteiger partial charge is 0.306 e. The van der Waals surface area contributed by atoms with E-state index in [2.05, 4.69) is 5.10 Å². The van der Waals surface area contributed by atoms with Gasteiger partial charge in [-0.2, -0.15) is 5.10 Å². The molecule has 1 fully saturated rings. The highest BCUT2D eigenvalue weighted by molar-refractivity contribution is 6.30. The second-order valence-corrected chi connectivity index (χ2v) is 8.77. The van der Waals surface area contributed by atoms with Crippen LogP contribution in [-0.4, -0.2) is 38.2 Å². The van der Waals surface area contributed by atoms with E-state index in [1.54, 1.807) is 23.0 Å². The van der Waals surface area contributed by atoms with Crippen molar-refractivity contribution in [3.8, 4) is 0 Å². The fourth-order valence-corrected chi connectivity index (χ4v) is 4.67. The van der Waals surface area contributed by atoms with Crippen LogP contribution in [-0.2, 0) is 29.1 Å². The summed E-state index contributed by atoms with van der Waals surface area (Å²) in [5.41, 5.74) is 2.54. The third-order valence-electron chi connectivity index (χ3n) is 6.37. The van der Waals surface area contributed by atoms with Crippen molar-refractivity contribution in [3.05, 3.63) is 52.1 Å². The van der Waals surface area contributed by atoms with Crippen molar-refractivity contribution in [2.75, 3.05) is 6.54 Å². The Labute approximate surface area is 179 Å². The molecule has 1 aromatic heterocycles. The number of nitrogens with zero attached hydrogens (tertiary/aromatic N) is 3. The molecule has 1 amide bonds. The summed E-state index contributed by atoms with van der Waals surface area (Å²) in [4.78, 5) is 25.8. The van der Waals surface area contributed by atoms with Gasteiger partial charge >= 0.3 is 5.97 Å². The van der Waals surface area contributed by atoms with Crippen LogP contribution in [0.3, 0.4) is 0 Å².